The van der Waals surface area contributed by atoms with Gasteiger partial charge < -0.3 is 10.6 Å². The maximum atomic E-state index is 11.8. The molecule has 9 nitrogen and oxygen atoms in total. The van der Waals surface area contributed by atoms with Crippen molar-refractivity contribution in [1.29, 1.82) is 0 Å². The fraction of sp³-hybridized carbons (Fsp3) is 0.0526. The summed E-state index contributed by atoms with van der Waals surface area (Å²) in [4.78, 5) is 28.5. The number of rotatable bonds is 5. The maximum absolute atomic E-state index is 11.8. The van der Waals surface area contributed by atoms with Crippen LogP contribution in [0.4, 0.5) is 27.6 Å². The summed E-state index contributed by atoms with van der Waals surface area (Å²) in [6, 6.07) is 13.5. The lowest BCUT2D eigenvalue weighted by Crippen LogP contribution is -2.05. The number of nitrogens with one attached hydrogen (secondary N) is 2. The molecule has 2 aromatic carbocycles. The smallest absolute Gasteiger partial charge is 0.310 e. The van der Waals surface area contributed by atoms with Crippen LogP contribution >= 0.6 is 22.7 Å². The second-order valence-electron chi connectivity index (χ2n) is 6.35. The third kappa shape index (κ3) is 3.29. The van der Waals surface area contributed by atoms with E-state index in [4.69, 9.17) is 0 Å². The van der Waals surface area contributed by atoms with E-state index in [1.54, 1.807) is 0 Å². The highest BCUT2D eigenvalue weighted by atomic mass is 32.1. The van der Waals surface area contributed by atoms with Crippen molar-refractivity contribution in [3.05, 3.63) is 64.5 Å². The number of benzene rings is 2. The quantitative estimate of drug-likeness (QED) is 0.278. The van der Waals surface area contributed by atoms with Crippen LogP contribution in [-0.2, 0) is 0 Å². The molecule has 3 aromatic heterocycles. The van der Waals surface area contributed by atoms with Crippen molar-refractivity contribution in [1.82, 2.24) is 19.9 Å². The predicted molar refractivity (Wildman–Crippen MR) is 119 cm³/mol. The van der Waals surface area contributed by atoms with Gasteiger partial charge in [-0.1, -0.05) is 46.9 Å². The molecule has 0 aliphatic rings. The van der Waals surface area contributed by atoms with E-state index in [9.17, 15) is 10.1 Å². The lowest BCUT2D eigenvalue weighted by Gasteiger charge is -2.06. The van der Waals surface area contributed by atoms with Gasteiger partial charge in [0.05, 0.1) is 25.4 Å². The van der Waals surface area contributed by atoms with E-state index in [0.29, 0.717) is 10.3 Å². The highest BCUT2D eigenvalue weighted by Crippen LogP contribution is 2.37. The topological polar surface area (TPSA) is 119 Å². The minimum absolute atomic E-state index is 0.0637. The minimum atomic E-state index is -0.517. The number of hydrogen-bond acceptors (Lipinski definition) is 10. The Hall–Kier alpha value is -3.70. The van der Waals surface area contributed by atoms with Crippen molar-refractivity contribution >= 4 is 70.7 Å². The van der Waals surface area contributed by atoms with Gasteiger partial charge in [-0.25, -0.2) is 19.9 Å². The molecule has 0 radical (unpaired) electrons. The number of nitrogens with zero attached hydrogens (tertiary/aromatic N) is 5. The Morgan fingerprint density at radius 2 is 1.57 bits per heavy atom. The molecule has 11 heteroatoms. The second kappa shape index (κ2) is 7.28. The molecule has 148 valence electrons. The number of nitro groups is 1. The molecule has 30 heavy (non-hydrogen) atoms. The molecule has 0 unspecified atom stereocenters. The van der Waals surface area contributed by atoms with Crippen molar-refractivity contribution in [3.8, 4) is 0 Å². The van der Waals surface area contributed by atoms with Gasteiger partial charge in [-0.05, 0) is 30.7 Å². The first-order valence-corrected chi connectivity index (χ1v) is 10.5. The van der Waals surface area contributed by atoms with Crippen molar-refractivity contribution in [2.45, 2.75) is 6.92 Å². The number of hydrogen-bond donors (Lipinski definition) is 2. The molecule has 0 spiro atoms. The lowest BCUT2D eigenvalue weighted by molar-refractivity contribution is -0.383. The average Bonchev–Trinajstić information content (AvgIpc) is 3.31. The molecule has 0 fully saturated rings. The van der Waals surface area contributed by atoms with E-state index in [1.807, 2.05) is 49.4 Å². The van der Waals surface area contributed by atoms with Gasteiger partial charge >= 0.3 is 5.69 Å². The summed E-state index contributed by atoms with van der Waals surface area (Å²) in [7, 11) is 0. The number of fused-ring (bicyclic) bond motifs is 2. The van der Waals surface area contributed by atoms with Gasteiger partial charge in [0.15, 0.2) is 10.3 Å². The number of aryl methyl sites for hydroxylation is 1. The summed E-state index contributed by atoms with van der Waals surface area (Å²) in [5.74, 6) is 0.129. The normalized spacial score (nSPS) is 11.1. The van der Waals surface area contributed by atoms with Crippen LogP contribution in [0.5, 0.6) is 0 Å². The van der Waals surface area contributed by atoms with Gasteiger partial charge in [0, 0.05) is 0 Å². The summed E-state index contributed by atoms with van der Waals surface area (Å²) in [6.45, 7) is 1.97. The third-order valence-corrected chi connectivity index (χ3v) is 6.26. The van der Waals surface area contributed by atoms with Crippen LogP contribution in [0.2, 0.25) is 0 Å². The van der Waals surface area contributed by atoms with Gasteiger partial charge in [-0.15, -0.1) is 0 Å². The molecule has 0 amide bonds. The first-order chi connectivity index (χ1) is 14.6. The molecule has 0 bridgehead atoms. The fourth-order valence-corrected chi connectivity index (χ4v) is 4.81. The van der Waals surface area contributed by atoms with Crippen LogP contribution in [0.1, 0.15) is 5.56 Å². The maximum Gasteiger partial charge on any atom is 0.354 e. The lowest BCUT2D eigenvalue weighted by atomic mass is 10.2. The zero-order chi connectivity index (χ0) is 20.7. The first kappa shape index (κ1) is 18.3. The van der Waals surface area contributed by atoms with Crippen molar-refractivity contribution < 1.29 is 4.92 Å². The van der Waals surface area contributed by atoms with Crippen LogP contribution in [0.25, 0.3) is 20.4 Å². The zero-order valence-electron chi connectivity index (χ0n) is 15.5. The number of para-hydroxylation sites is 2. The number of anilines is 4. The summed E-state index contributed by atoms with van der Waals surface area (Å²) >= 11 is 2.79. The molecule has 5 aromatic rings. The molecular formula is C19H13N7O2S2. The monoisotopic (exact) mass is 435 g/mol. The Labute approximate surface area is 177 Å². The molecule has 5 rings (SSSR count). The van der Waals surface area contributed by atoms with Gasteiger partial charge in [0.25, 0.3) is 0 Å². The van der Waals surface area contributed by atoms with Crippen LogP contribution < -0.4 is 10.6 Å². The first-order valence-electron chi connectivity index (χ1n) is 8.83. The second-order valence-corrected chi connectivity index (χ2v) is 8.42. The van der Waals surface area contributed by atoms with E-state index in [1.165, 1.54) is 29.0 Å². The molecule has 0 saturated carbocycles. The highest BCUT2D eigenvalue weighted by molar-refractivity contribution is 7.22. The summed E-state index contributed by atoms with van der Waals surface area (Å²) in [6.07, 6.45) is 1.27. The van der Waals surface area contributed by atoms with Crippen molar-refractivity contribution in [2.24, 2.45) is 0 Å². The van der Waals surface area contributed by atoms with E-state index >= 15 is 0 Å². The number of thiazole rings is 2. The zero-order valence-corrected chi connectivity index (χ0v) is 17.1. The van der Waals surface area contributed by atoms with Gasteiger partial charge in [0.2, 0.25) is 11.6 Å². The molecule has 0 aliphatic heterocycles. The SMILES string of the molecule is Cc1cccc2sc(Nc3ncnc(Nc4nc5ccccc5s4)c3[N+](=O)[O-])nc12. The fourth-order valence-electron chi connectivity index (χ4n) is 3.00. The molecule has 0 saturated heterocycles. The largest absolute Gasteiger partial charge is 0.354 e. The van der Waals surface area contributed by atoms with Gasteiger partial charge in [-0.2, -0.15) is 0 Å². The standard InChI is InChI=1S/C19H13N7O2S2/c1-10-5-4-8-13-14(10)23-19(30-13)25-17-15(26(27)28)16(20-9-21-17)24-18-22-11-6-2-3-7-12(11)29-18/h2-9H,1H3,(H2,20,21,22,23,24,25). The predicted octanol–water partition coefficient (Wildman–Crippen LogP) is 5.40. The Morgan fingerprint density at radius 1 is 0.900 bits per heavy atom. The van der Waals surface area contributed by atoms with Crippen LogP contribution in [0.15, 0.2) is 48.8 Å². The average molecular weight is 435 g/mol. The van der Waals surface area contributed by atoms with E-state index in [-0.39, 0.29) is 17.3 Å². The summed E-state index contributed by atoms with van der Waals surface area (Å²) in [5.41, 5.74) is 2.43. The number of aromatic nitrogens is 4. The van der Waals surface area contributed by atoms with Crippen LogP contribution in [-0.4, -0.2) is 24.9 Å². The van der Waals surface area contributed by atoms with Gasteiger partial charge in [-0.3, -0.25) is 10.1 Å². The minimum Gasteiger partial charge on any atom is -0.310 e. The Kier molecular flexibility index (Phi) is 4.45. The molecule has 0 aliphatic carbocycles. The Balaban J connectivity index is 1.52. The van der Waals surface area contributed by atoms with E-state index in [0.717, 1.165) is 26.0 Å². The third-order valence-electron chi connectivity index (χ3n) is 4.37. The van der Waals surface area contributed by atoms with E-state index < -0.39 is 4.92 Å². The summed E-state index contributed by atoms with van der Waals surface area (Å²) in [5, 5.41) is 18.8. The van der Waals surface area contributed by atoms with Crippen LogP contribution in [0.3, 0.4) is 0 Å². The molecule has 3 heterocycles. The Morgan fingerprint density at radius 3 is 2.27 bits per heavy atom. The van der Waals surface area contributed by atoms with Crippen molar-refractivity contribution in [3.63, 3.8) is 0 Å². The van der Waals surface area contributed by atoms with Crippen LogP contribution in [0, 0.1) is 17.0 Å². The Bertz CT molecular complexity index is 1380. The highest BCUT2D eigenvalue weighted by Gasteiger charge is 2.25. The van der Waals surface area contributed by atoms with Crippen molar-refractivity contribution in [2.75, 3.05) is 10.6 Å². The summed E-state index contributed by atoms with van der Waals surface area (Å²) < 4.78 is 1.96. The molecular weight excluding hydrogens is 422 g/mol. The molecule has 2 N–H and O–H groups in total. The molecule has 0 atom stereocenters. The van der Waals surface area contributed by atoms with Gasteiger partial charge in [0.1, 0.15) is 6.33 Å². The van der Waals surface area contributed by atoms with E-state index in [2.05, 4.69) is 30.6 Å².